The number of ether oxygens (including phenoxy) is 3. The summed E-state index contributed by atoms with van der Waals surface area (Å²) in [5.41, 5.74) is 2.73. The third-order valence-corrected chi connectivity index (χ3v) is 5.59. The molecule has 7 nitrogen and oxygen atoms in total. The zero-order valence-corrected chi connectivity index (χ0v) is 16.7. The van der Waals surface area contributed by atoms with E-state index in [-0.39, 0.29) is 18.1 Å². The lowest BCUT2D eigenvalue weighted by Crippen LogP contribution is -2.42. The molecule has 0 spiro atoms. The second kappa shape index (κ2) is 7.96. The molecule has 0 fully saturated rings. The van der Waals surface area contributed by atoms with Crippen molar-refractivity contribution in [3.63, 3.8) is 0 Å². The summed E-state index contributed by atoms with van der Waals surface area (Å²) in [4.78, 5) is 12.2. The van der Waals surface area contributed by atoms with E-state index >= 15 is 0 Å². The average molecular weight is 486 g/mol. The van der Waals surface area contributed by atoms with E-state index in [2.05, 4.69) is 42.4 Å². The Morgan fingerprint density at radius 3 is 2.85 bits per heavy atom. The zero-order valence-electron chi connectivity index (χ0n) is 13.5. The lowest BCUT2D eigenvalue weighted by atomic mass is 10.2. The molecule has 26 heavy (non-hydrogen) atoms. The number of carbonyl (C=O) groups is 1. The highest BCUT2D eigenvalue weighted by molar-refractivity contribution is 9.13. The summed E-state index contributed by atoms with van der Waals surface area (Å²) in [5, 5.41) is 14.1. The third-order valence-electron chi connectivity index (χ3n) is 3.58. The standard InChI is InChI=1S/C17H14Br2N2O5/c1-24-13-6-10(18)15(19)9(16(13)22)7-20-21-17(23)14-8-25-11-4-2-3-5-12(11)26-14/h2-7,14,22H,8H2,1H3,(H,21,23)/b20-7-. The van der Waals surface area contributed by atoms with Crippen LogP contribution < -0.4 is 19.6 Å². The number of fused-ring (bicyclic) bond motifs is 1. The summed E-state index contributed by atoms with van der Waals surface area (Å²) in [7, 11) is 1.44. The topological polar surface area (TPSA) is 89.4 Å². The highest BCUT2D eigenvalue weighted by Gasteiger charge is 2.27. The van der Waals surface area contributed by atoms with E-state index in [1.165, 1.54) is 13.3 Å². The summed E-state index contributed by atoms with van der Waals surface area (Å²) in [6.45, 7) is 0.0814. The summed E-state index contributed by atoms with van der Waals surface area (Å²) in [6, 6.07) is 8.72. The molecule has 0 aliphatic carbocycles. The number of phenolic OH excluding ortho intramolecular Hbond substituents is 1. The number of para-hydroxylation sites is 2. The number of benzene rings is 2. The molecular weight excluding hydrogens is 472 g/mol. The van der Waals surface area contributed by atoms with Gasteiger partial charge < -0.3 is 19.3 Å². The summed E-state index contributed by atoms with van der Waals surface area (Å²) in [5.74, 6) is 0.795. The van der Waals surface area contributed by atoms with Gasteiger partial charge in [0.2, 0.25) is 6.10 Å². The highest BCUT2D eigenvalue weighted by Crippen LogP contribution is 2.39. The average Bonchev–Trinajstić information content (AvgIpc) is 2.66. The Kier molecular flexibility index (Phi) is 5.67. The first-order valence-corrected chi connectivity index (χ1v) is 9.06. The van der Waals surface area contributed by atoms with Crippen molar-refractivity contribution in [3.05, 3.63) is 44.8 Å². The van der Waals surface area contributed by atoms with Crippen LogP contribution in [0.2, 0.25) is 0 Å². The molecule has 1 heterocycles. The molecular formula is C17H14Br2N2O5. The largest absolute Gasteiger partial charge is 0.504 e. The van der Waals surface area contributed by atoms with Gasteiger partial charge in [0, 0.05) is 8.95 Å². The van der Waals surface area contributed by atoms with Crippen LogP contribution in [0, 0.1) is 0 Å². The number of amides is 1. The van der Waals surface area contributed by atoms with Gasteiger partial charge in [-0.3, -0.25) is 4.79 Å². The minimum atomic E-state index is -0.823. The van der Waals surface area contributed by atoms with Gasteiger partial charge in [0.15, 0.2) is 23.0 Å². The molecule has 1 aliphatic rings. The summed E-state index contributed by atoms with van der Waals surface area (Å²) >= 11 is 6.69. The normalized spacial score (nSPS) is 15.7. The molecule has 0 saturated carbocycles. The monoisotopic (exact) mass is 484 g/mol. The van der Waals surface area contributed by atoms with Crippen molar-refractivity contribution < 1.29 is 24.1 Å². The maximum absolute atomic E-state index is 12.2. The number of nitrogens with zero attached hydrogens (tertiary/aromatic N) is 1. The predicted molar refractivity (Wildman–Crippen MR) is 102 cm³/mol. The second-order valence-corrected chi connectivity index (χ2v) is 6.88. The van der Waals surface area contributed by atoms with Crippen LogP contribution in [0.5, 0.6) is 23.0 Å². The van der Waals surface area contributed by atoms with Crippen LogP contribution in [-0.2, 0) is 4.79 Å². The second-order valence-electron chi connectivity index (χ2n) is 5.24. The lowest BCUT2D eigenvalue weighted by molar-refractivity contribution is -0.130. The smallest absolute Gasteiger partial charge is 0.284 e. The fraction of sp³-hybridized carbons (Fsp3) is 0.176. The van der Waals surface area contributed by atoms with Gasteiger partial charge >= 0.3 is 0 Å². The van der Waals surface area contributed by atoms with Gasteiger partial charge in [-0.25, -0.2) is 5.43 Å². The van der Waals surface area contributed by atoms with E-state index in [9.17, 15) is 9.90 Å². The van der Waals surface area contributed by atoms with Crippen molar-refractivity contribution >= 4 is 44.0 Å². The summed E-state index contributed by atoms with van der Waals surface area (Å²) < 4.78 is 17.4. The van der Waals surface area contributed by atoms with Crippen LogP contribution in [0.4, 0.5) is 0 Å². The van der Waals surface area contributed by atoms with E-state index in [1.54, 1.807) is 24.3 Å². The number of rotatable bonds is 4. The van der Waals surface area contributed by atoms with E-state index in [4.69, 9.17) is 14.2 Å². The van der Waals surface area contributed by atoms with Gasteiger partial charge in [0.05, 0.1) is 18.9 Å². The Balaban J connectivity index is 1.70. The molecule has 0 radical (unpaired) electrons. The first-order chi connectivity index (χ1) is 12.5. The van der Waals surface area contributed by atoms with Crippen molar-refractivity contribution in [2.45, 2.75) is 6.10 Å². The molecule has 2 N–H and O–H groups in total. The minimum absolute atomic E-state index is 0.0814. The number of nitrogens with one attached hydrogen (secondary N) is 1. The van der Waals surface area contributed by atoms with Gasteiger partial charge in [-0.1, -0.05) is 12.1 Å². The van der Waals surface area contributed by atoms with Gasteiger partial charge in [0.1, 0.15) is 6.61 Å². The number of hydrogen-bond acceptors (Lipinski definition) is 6. The van der Waals surface area contributed by atoms with Gasteiger partial charge in [0.25, 0.3) is 5.91 Å². The Bertz CT molecular complexity index is 872. The lowest BCUT2D eigenvalue weighted by Gasteiger charge is -2.24. The third kappa shape index (κ3) is 3.78. The fourth-order valence-electron chi connectivity index (χ4n) is 2.27. The molecule has 2 aromatic rings. The van der Waals surface area contributed by atoms with E-state index in [1.807, 2.05) is 6.07 Å². The van der Waals surface area contributed by atoms with Gasteiger partial charge in [-0.2, -0.15) is 5.10 Å². The number of halogens is 2. The number of aromatic hydroxyl groups is 1. The van der Waals surface area contributed by atoms with E-state index in [0.29, 0.717) is 26.0 Å². The molecule has 1 aliphatic heterocycles. The highest BCUT2D eigenvalue weighted by atomic mass is 79.9. The molecule has 1 atom stereocenters. The van der Waals surface area contributed by atoms with E-state index in [0.717, 1.165) is 0 Å². The SMILES string of the molecule is COc1cc(Br)c(Br)c(/C=N\NC(=O)C2COc3ccccc3O2)c1O. The predicted octanol–water partition coefficient (Wildman–Crippen LogP) is 3.22. The Morgan fingerprint density at radius 1 is 1.38 bits per heavy atom. The Morgan fingerprint density at radius 2 is 2.12 bits per heavy atom. The number of carbonyl (C=O) groups excluding carboxylic acids is 1. The van der Waals surface area contributed by atoms with Gasteiger partial charge in [-0.05, 0) is 50.1 Å². The molecule has 0 saturated heterocycles. The van der Waals surface area contributed by atoms with Gasteiger partial charge in [-0.15, -0.1) is 0 Å². The zero-order chi connectivity index (χ0) is 18.7. The molecule has 9 heteroatoms. The first kappa shape index (κ1) is 18.5. The number of methoxy groups -OCH3 is 1. The van der Waals surface area contributed by atoms with Crippen LogP contribution >= 0.6 is 31.9 Å². The molecule has 1 unspecified atom stereocenters. The maximum Gasteiger partial charge on any atom is 0.284 e. The maximum atomic E-state index is 12.2. The van der Waals surface area contributed by atoms with Crippen LogP contribution in [0.1, 0.15) is 5.56 Å². The molecule has 3 rings (SSSR count). The fourth-order valence-corrected chi connectivity index (χ4v) is 3.09. The molecule has 1 amide bonds. The molecule has 136 valence electrons. The number of phenols is 1. The van der Waals surface area contributed by atoms with Crippen molar-refractivity contribution in [3.8, 4) is 23.0 Å². The first-order valence-electron chi connectivity index (χ1n) is 7.47. The van der Waals surface area contributed by atoms with E-state index < -0.39 is 12.0 Å². The van der Waals surface area contributed by atoms with Crippen LogP contribution in [-0.4, -0.2) is 37.0 Å². The number of hydrazone groups is 1. The van der Waals surface area contributed by atoms with Crippen LogP contribution in [0.3, 0.4) is 0 Å². The Hall–Kier alpha value is -2.26. The molecule has 2 aromatic carbocycles. The molecule has 0 bridgehead atoms. The number of hydrogen-bond donors (Lipinski definition) is 2. The van der Waals surface area contributed by atoms with Crippen molar-refractivity contribution in [1.82, 2.24) is 5.43 Å². The minimum Gasteiger partial charge on any atom is -0.504 e. The van der Waals surface area contributed by atoms with Crippen LogP contribution in [0.25, 0.3) is 0 Å². The van der Waals surface area contributed by atoms with Crippen molar-refractivity contribution in [1.29, 1.82) is 0 Å². The quantitative estimate of drug-likeness (QED) is 0.512. The summed E-state index contributed by atoms with van der Waals surface area (Å²) in [6.07, 6.45) is 0.485. The van der Waals surface area contributed by atoms with Crippen molar-refractivity contribution in [2.75, 3.05) is 13.7 Å². The van der Waals surface area contributed by atoms with Crippen LogP contribution in [0.15, 0.2) is 44.4 Å². The Labute approximate surface area is 166 Å². The van der Waals surface area contributed by atoms with Crippen molar-refractivity contribution in [2.24, 2.45) is 5.10 Å². The molecule has 0 aromatic heterocycles.